The van der Waals surface area contributed by atoms with E-state index in [1.54, 1.807) is 48.8 Å². The lowest BCUT2D eigenvalue weighted by Crippen LogP contribution is -2.21. The third-order valence-corrected chi connectivity index (χ3v) is 3.41. The van der Waals surface area contributed by atoms with Crippen LogP contribution < -0.4 is 15.8 Å². The standard InChI is InChI=1S/C18H18N4O2/c1-2-20-18(23)12-9-16(22-11-12)17-10-15(7-8-21-17)24-14-5-3-13(19)4-6-14/h3-11,22H,2,19H2,1H3,(H,20,23). The van der Waals surface area contributed by atoms with Gasteiger partial charge in [0.25, 0.3) is 5.91 Å². The number of hydrogen-bond acceptors (Lipinski definition) is 4. The number of ether oxygens (including phenoxy) is 1. The molecule has 0 aliphatic carbocycles. The van der Waals surface area contributed by atoms with Crippen LogP contribution in [0.5, 0.6) is 11.5 Å². The van der Waals surface area contributed by atoms with Gasteiger partial charge in [0.05, 0.1) is 17.0 Å². The first-order valence-electron chi connectivity index (χ1n) is 7.62. The molecule has 0 saturated heterocycles. The van der Waals surface area contributed by atoms with Gasteiger partial charge in [0.15, 0.2) is 0 Å². The molecule has 0 aliphatic rings. The van der Waals surface area contributed by atoms with Crippen LogP contribution >= 0.6 is 0 Å². The molecule has 1 aromatic carbocycles. The number of carbonyl (C=O) groups excluding carboxylic acids is 1. The van der Waals surface area contributed by atoms with E-state index in [0.29, 0.717) is 35.0 Å². The van der Waals surface area contributed by atoms with E-state index < -0.39 is 0 Å². The van der Waals surface area contributed by atoms with Gasteiger partial charge in [-0.25, -0.2) is 0 Å². The Labute approximate surface area is 139 Å². The summed E-state index contributed by atoms with van der Waals surface area (Å²) >= 11 is 0. The number of nitrogen functional groups attached to an aromatic ring is 1. The van der Waals surface area contributed by atoms with Crippen molar-refractivity contribution in [2.45, 2.75) is 6.92 Å². The molecule has 24 heavy (non-hydrogen) atoms. The van der Waals surface area contributed by atoms with E-state index in [2.05, 4.69) is 15.3 Å². The number of hydrogen-bond donors (Lipinski definition) is 3. The molecule has 3 rings (SSSR count). The highest BCUT2D eigenvalue weighted by molar-refractivity contribution is 5.95. The molecule has 0 fully saturated rings. The molecule has 0 aliphatic heterocycles. The molecule has 4 N–H and O–H groups in total. The number of aromatic nitrogens is 2. The summed E-state index contributed by atoms with van der Waals surface area (Å²) in [6.07, 6.45) is 3.32. The summed E-state index contributed by atoms with van der Waals surface area (Å²) < 4.78 is 5.80. The predicted octanol–water partition coefficient (Wildman–Crippen LogP) is 3.20. The van der Waals surface area contributed by atoms with Gasteiger partial charge in [-0.05, 0) is 43.3 Å². The van der Waals surface area contributed by atoms with Crippen LogP contribution in [0.1, 0.15) is 17.3 Å². The van der Waals surface area contributed by atoms with Gasteiger partial charge < -0.3 is 20.8 Å². The topological polar surface area (TPSA) is 93.0 Å². The first kappa shape index (κ1) is 15.6. The number of nitrogens with zero attached hydrogens (tertiary/aromatic N) is 1. The van der Waals surface area contributed by atoms with Crippen LogP contribution in [0.2, 0.25) is 0 Å². The predicted molar refractivity (Wildman–Crippen MR) is 93.0 cm³/mol. The SMILES string of the molecule is CCNC(=O)c1c[nH]c(-c2cc(Oc3ccc(N)cc3)ccn2)c1. The largest absolute Gasteiger partial charge is 0.457 e. The number of rotatable bonds is 5. The highest BCUT2D eigenvalue weighted by Crippen LogP contribution is 2.26. The molecule has 6 nitrogen and oxygen atoms in total. The van der Waals surface area contributed by atoms with Crippen molar-refractivity contribution in [2.75, 3.05) is 12.3 Å². The lowest BCUT2D eigenvalue weighted by atomic mass is 10.2. The number of carbonyl (C=O) groups is 1. The van der Waals surface area contributed by atoms with Crippen LogP contribution in [0.4, 0.5) is 5.69 Å². The maximum atomic E-state index is 11.8. The van der Waals surface area contributed by atoms with Crippen molar-refractivity contribution >= 4 is 11.6 Å². The molecule has 0 spiro atoms. The van der Waals surface area contributed by atoms with Crippen molar-refractivity contribution < 1.29 is 9.53 Å². The maximum absolute atomic E-state index is 11.8. The lowest BCUT2D eigenvalue weighted by Gasteiger charge is -2.07. The van der Waals surface area contributed by atoms with Gasteiger partial charge in [0.1, 0.15) is 11.5 Å². The number of H-pyrrole nitrogens is 1. The van der Waals surface area contributed by atoms with Gasteiger partial charge in [-0.3, -0.25) is 9.78 Å². The summed E-state index contributed by atoms with van der Waals surface area (Å²) in [7, 11) is 0. The number of benzene rings is 1. The number of pyridine rings is 1. The van der Waals surface area contributed by atoms with Gasteiger partial charge in [-0.15, -0.1) is 0 Å². The van der Waals surface area contributed by atoms with Gasteiger partial charge in [0.2, 0.25) is 0 Å². The second kappa shape index (κ2) is 6.87. The fraction of sp³-hybridized carbons (Fsp3) is 0.111. The van der Waals surface area contributed by atoms with Crippen LogP contribution in [0.3, 0.4) is 0 Å². The molecule has 0 saturated carbocycles. The summed E-state index contributed by atoms with van der Waals surface area (Å²) in [6, 6.07) is 12.5. The Balaban J connectivity index is 1.80. The van der Waals surface area contributed by atoms with Crippen molar-refractivity contribution in [2.24, 2.45) is 0 Å². The van der Waals surface area contributed by atoms with Crippen LogP contribution in [0.25, 0.3) is 11.4 Å². The molecule has 0 unspecified atom stereocenters. The van der Waals surface area contributed by atoms with Gasteiger partial charge in [-0.1, -0.05) is 0 Å². The molecule has 3 aromatic rings. The Morgan fingerprint density at radius 1 is 1.21 bits per heavy atom. The van der Waals surface area contributed by atoms with Crippen molar-refractivity contribution in [3.63, 3.8) is 0 Å². The Hall–Kier alpha value is -3.28. The molecule has 0 radical (unpaired) electrons. The summed E-state index contributed by atoms with van der Waals surface area (Å²) in [6.45, 7) is 2.47. The van der Waals surface area contributed by atoms with E-state index in [-0.39, 0.29) is 5.91 Å². The third-order valence-electron chi connectivity index (χ3n) is 3.41. The molecule has 2 heterocycles. The zero-order valence-corrected chi connectivity index (χ0v) is 13.2. The van der Waals surface area contributed by atoms with Gasteiger partial charge >= 0.3 is 0 Å². The highest BCUT2D eigenvalue weighted by Gasteiger charge is 2.10. The van der Waals surface area contributed by atoms with Crippen molar-refractivity contribution in [1.29, 1.82) is 0 Å². The summed E-state index contributed by atoms with van der Waals surface area (Å²) in [5.41, 5.74) is 8.36. The highest BCUT2D eigenvalue weighted by atomic mass is 16.5. The minimum absolute atomic E-state index is 0.116. The minimum atomic E-state index is -0.116. The molecule has 122 valence electrons. The third kappa shape index (κ3) is 3.55. The van der Waals surface area contributed by atoms with Crippen molar-refractivity contribution in [3.8, 4) is 22.9 Å². The molecule has 1 amide bonds. The molecule has 6 heteroatoms. The van der Waals surface area contributed by atoms with Gasteiger partial charge in [-0.2, -0.15) is 0 Å². The molecule has 0 atom stereocenters. The van der Waals surface area contributed by atoms with Crippen LogP contribution in [-0.2, 0) is 0 Å². The zero-order chi connectivity index (χ0) is 16.9. The lowest BCUT2D eigenvalue weighted by molar-refractivity contribution is 0.0956. The van der Waals surface area contributed by atoms with Crippen molar-refractivity contribution in [1.82, 2.24) is 15.3 Å². The summed E-state index contributed by atoms with van der Waals surface area (Å²) in [5.74, 6) is 1.23. The van der Waals surface area contributed by atoms with E-state index in [4.69, 9.17) is 10.5 Å². The quantitative estimate of drug-likeness (QED) is 0.629. The van der Waals surface area contributed by atoms with E-state index in [9.17, 15) is 4.79 Å². The molecule has 0 bridgehead atoms. The Morgan fingerprint density at radius 2 is 2.00 bits per heavy atom. The Bertz CT molecular complexity index is 840. The van der Waals surface area contributed by atoms with Gasteiger partial charge in [0, 0.05) is 30.7 Å². The van der Waals surface area contributed by atoms with E-state index in [1.165, 1.54) is 0 Å². The normalized spacial score (nSPS) is 10.4. The van der Waals surface area contributed by atoms with Crippen LogP contribution in [0, 0.1) is 0 Å². The number of nitrogens with one attached hydrogen (secondary N) is 2. The first-order chi connectivity index (χ1) is 11.7. The van der Waals surface area contributed by atoms with Crippen LogP contribution in [0.15, 0.2) is 54.9 Å². The molecular formula is C18H18N4O2. The van der Waals surface area contributed by atoms with E-state index >= 15 is 0 Å². The summed E-state index contributed by atoms with van der Waals surface area (Å²) in [4.78, 5) is 19.2. The fourth-order valence-electron chi connectivity index (χ4n) is 2.23. The van der Waals surface area contributed by atoms with E-state index in [1.807, 2.05) is 13.0 Å². The van der Waals surface area contributed by atoms with Crippen LogP contribution in [-0.4, -0.2) is 22.4 Å². The minimum Gasteiger partial charge on any atom is -0.457 e. The second-order valence-corrected chi connectivity index (χ2v) is 5.21. The number of amides is 1. The zero-order valence-electron chi connectivity index (χ0n) is 13.2. The monoisotopic (exact) mass is 322 g/mol. The molecular weight excluding hydrogens is 304 g/mol. The summed E-state index contributed by atoms with van der Waals surface area (Å²) in [5, 5.41) is 2.76. The Kier molecular flexibility index (Phi) is 4.47. The smallest absolute Gasteiger partial charge is 0.252 e. The maximum Gasteiger partial charge on any atom is 0.252 e. The molecule has 2 aromatic heterocycles. The number of nitrogens with two attached hydrogens (primary N) is 1. The van der Waals surface area contributed by atoms with Crippen molar-refractivity contribution in [3.05, 3.63) is 60.4 Å². The fourth-order valence-corrected chi connectivity index (χ4v) is 2.23. The first-order valence-corrected chi connectivity index (χ1v) is 7.62. The Morgan fingerprint density at radius 3 is 2.75 bits per heavy atom. The second-order valence-electron chi connectivity index (χ2n) is 5.21. The number of anilines is 1. The van der Waals surface area contributed by atoms with E-state index in [0.717, 1.165) is 5.69 Å². The average Bonchev–Trinajstić information content (AvgIpc) is 3.08. The average molecular weight is 322 g/mol. The number of aromatic amines is 1.